The Balaban J connectivity index is 1.92. The van der Waals surface area contributed by atoms with Gasteiger partial charge in [0.15, 0.2) is 0 Å². The van der Waals surface area contributed by atoms with Gasteiger partial charge in [-0.15, -0.1) is 11.3 Å². The molecule has 0 aliphatic rings. The van der Waals surface area contributed by atoms with Crippen molar-refractivity contribution in [2.45, 2.75) is 25.9 Å². The molecular weight excluding hydrogens is 246 g/mol. The van der Waals surface area contributed by atoms with E-state index in [1.54, 1.807) is 18.4 Å². The molecule has 1 unspecified atom stereocenters. The van der Waals surface area contributed by atoms with E-state index >= 15 is 0 Å². The zero-order chi connectivity index (χ0) is 13.0. The normalized spacial score (nSPS) is 12.4. The molecule has 1 heterocycles. The number of benzene rings is 1. The predicted molar refractivity (Wildman–Crippen MR) is 73.1 cm³/mol. The molecule has 1 atom stereocenters. The van der Waals surface area contributed by atoms with Crippen LogP contribution in [-0.4, -0.2) is 17.2 Å². The maximum Gasteiger partial charge on any atom is 0.118 e. The minimum Gasteiger partial charge on any atom is -0.497 e. The summed E-state index contributed by atoms with van der Waals surface area (Å²) in [5.74, 6) is 0.807. The predicted octanol–water partition coefficient (Wildman–Crippen LogP) is 3.13. The summed E-state index contributed by atoms with van der Waals surface area (Å²) in [6.07, 6.45) is 1.06. The van der Waals surface area contributed by atoms with Crippen molar-refractivity contribution in [2.24, 2.45) is 0 Å². The first-order chi connectivity index (χ1) is 8.69. The summed E-state index contributed by atoms with van der Waals surface area (Å²) >= 11 is 1.65. The largest absolute Gasteiger partial charge is 0.497 e. The molecule has 3 nitrogen and oxygen atoms in total. The van der Waals surface area contributed by atoms with Gasteiger partial charge in [0.2, 0.25) is 0 Å². The number of hydrogen-bond donors (Lipinski definition) is 1. The van der Waals surface area contributed by atoms with Crippen molar-refractivity contribution in [3.8, 4) is 5.75 Å². The third kappa shape index (κ3) is 3.31. The van der Waals surface area contributed by atoms with Crippen molar-refractivity contribution in [1.82, 2.24) is 4.98 Å². The Labute approximate surface area is 111 Å². The maximum atomic E-state index is 10.1. The molecule has 0 aliphatic heterocycles. The molecule has 0 amide bonds. The first kappa shape index (κ1) is 13.1. The van der Waals surface area contributed by atoms with Crippen LogP contribution >= 0.6 is 11.3 Å². The molecule has 1 aromatic heterocycles. The monoisotopic (exact) mass is 263 g/mol. The summed E-state index contributed by atoms with van der Waals surface area (Å²) in [6, 6.07) is 7.53. The Hall–Kier alpha value is -1.39. The van der Waals surface area contributed by atoms with Crippen LogP contribution in [0.3, 0.4) is 0 Å². The average Bonchev–Trinajstić information content (AvgIpc) is 2.82. The molecule has 2 rings (SSSR count). The molecule has 0 saturated heterocycles. The fraction of sp³-hybridized carbons (Fsp3) is 0.357. The van der Waals surface area contributed by atoms with Gasteiger partial charge in [-0.05, 0) is 31.0 Å². The first-order valence-corrected chi connectivity index (χ1v) is 6.80. The molecule has 0 radical (unpaired) electrons. The van der Waals surface area contributed by atoms with Crippen LogP contribution < -0.4 is 4.74 Å². The molecule has 0 saturated carbocycles. The second-order valence-electron chi connectivity index (χ2n) is 4.21. The van der Waals surface area contributed by atoms with E-state index in [4.69, 9.17) is 4.74 Å². The van der Waals surface area contributed by atoms with Crippen LogP contribution in [0, 0.1) is 6.92 Å². The lowest BCUT2D eigenvalue weighted by atomic mass is 10.1. The number of methoxy groups -OCH3 is 1. The van der Waals surface area contributed by atoms with Crippen LogP contribution in [0.15, 0.2) is 29.6 Å². The number of aliphatic hydroxyl groups is 1. The number of ether oxygens (including phenoxy) is 1. The maximum absolute atomic E-state index is 10.1. The van der Waals surface area contributed by atoms with Crippen molar-refractivity contribution in [1.29, 1.82) is 0 Å². The topological polar surface area (TPSA) is 42.4 Å². The standard InChI is InChI=1S/C14H17NO2S/c1-10-9-18-14(15-10)8-7-13(16)11-3-5-12(17-2)6-4-11/h3-6,9,13,16H,7-8H2,1-2H3. The van der Waals surface area contributed by atoms with E-state index in [-0.39, 0.29) is 0 Å². The Morgan fingerprint density at radius 1 is 1.33 bits per heavy atom. The third-order valence-electron chi connectivity index (χ3n) is 2.80. The SMILES string of the molecule is COc1ccc(C(O)CCc2nc(C)cs2)cc1. The van der Waals surface area contributed by atoms with Gasteiger partial charge in [0.1, 0.15) is 5.75 Å². The summed E-state index contributed by atoms with van der Waals surface area (Å²) in [4.78, 5) is 4.39. The zero-order valence-corrected chi connectivity index (χ0v) is 11.4. The Kier molecular flexibility index (Phi) is 4.33. The Morgan fingerprint density at radius 3 is 2.61 bits per heavy atom. The third-order valence-corrected chi connectivity index (χ3v) is 3.83. The summed E-state index contributed by atoms with van der Waals surface area (Å²) < 4.78 is 5.09. The van der Waals surface area contributed by atoms with E-state index in [2.05, 4.69) is 4.98 Å². The smallest absolute Gasteiger partial charge is 0.118 e. The Morgan fingerprint density at radius 2 is 2.06 bits per heavy atom. The number of rotatable bonds is 5. The molecule has 18 heavy (non-hydrogen) atoms. The summed E-state index contributed by atoms with van der Waals surface area (Å²) in [6.45, 7) is 1.99. The highest BCUT2D eigenvalue weighted by molar-refractivity contribution is 7.09. The van der Waals surface area contributed by atoms with Crippen molar-refractivity contribution in [3.63, 3.8) is 0 Å². The molecule has 0 fully saturated rings. The van der Waals surface area contributed by atoms with Crippen molar-refractivity contribution < 1.29 is 9.84 Å². The number of aliphatic hydroxyl groups excluding tert-OH is 1. The van der Waals surface area contributed by atoms with Crippen LogP contribution in [0.2, 0.25) is 0 Å². The fourth-order valence-electron chi connectivity index (χ4n) is 1.77. The van der Waals surface area contributed by atoms with Gasteiger partial charge in [0.25, 0.3) is 0 Å². The molecule has 0 bridgehead atoms. The highest BCUT2D eigenvalue weighted by Gasteiger charge is 2.09. The lowest BCUT2D eigenvalue weighted by Gasteiger charge is -2.10. The molecule has 2 aromatic rings. The van der Waals surface area contributed by atoms with Gasteiger partial charge in [-0.25, -0.2) is 4.98 Å². The van der Waals surface area contributed by atoms with Gasteiger partial charge in [0, 0.05) is 17.5 Å². The van der Waals surface area contributed by atoms with Gasteiger partial charge < -0.3 is 9.84 Å². The first-order valence-electron chi connectivity index (χ1n) is 5.92. The van der Waals surface area contributed by atoms with Crippen LogP contribution in [0.4, 0.5) is 0 Å². The van der Waals surface area contributed by atoms with Gasteiger partial charge in [-0.1, -0.05) is 12.1 Å². The van der Waals surface area contributed by atoms with E-state index in [0.29, 0.717) is 6.42 Å². The number of thiazole rings is 1. The summed E-state index contributed by atoms with van der Waals surface area (Å²) in [5.41, 5.74) is 1.97. The second-order valence-corrected chi connectivity index (χ2v) is 5.15. The molecule has 1 aromatic carbocycles. The quantitative estimate of drug-likeness (QED) is 0.901. The van der Waals surface area contributed by atoms with Crippen LogP contribution in [0.1, 0.15) is 28.8 Å². The number of aromatic nitrogens is 1. The second kappa shape index (κ2) is 5.98. The van der Waals surface area contributed by atoms with Crippen molar-refractivity contribution >= 4 is 11.3 Å². The molecule has 96 valence electrons. The Bertz CT molecular complexity index is 493. The lowest BCUT2D eigenvalue weighted by molar-refractivity contribution is 0.167. The molecule has 0 spiro atoms. The van der Waals surface area contributed by atoms with Crippen LogP contribution in [0.5, 0.6) is 5.75 Å². The minimum atomic E-state index is -0.444. The zero-order valence-electron chi connectivity index (χ0n) is 10.6. The molecular formula is C14H17NO2S. The lowest BCUT2D eigenvalue weighted by Crippen LogP contribution is -1.99. The molecule has 0 aliphatic carbocycles. The van der Waals surface area contributed by atoms with E-state index < -0.39 is 6.10 Å². The molecule has 1 N–H and O–H groups in total. The number of nitrogens with zero attached hydrogens (tertiary/aromatic N) is 1. The van der Waals surface area contributed by atoms with Crippen LogP contribution in [-0.2, 0) is 6.42 Å². The fourth-order valence-corrected chi connectivity index (χ4v) is 2.56. The van der Waals surface area contributed by atoms with E-state index in [9.17, 15) is 5.11 Å². The summed E-state index contributed by atoms with van der Waals surface area (Å²) in [5, 5.41) is 13.2. The number of aryl methyl sites for hydroxylation is 2. The van der Waals surface area contributed by atoms with E-state index in [0.717, 1.165) is 28.4 Å². The van der Waals surface area contributed by atoms with Gasteiger partial charge in [-0.2, -0.15) is 0 Å². The van der Waals surface area contributed by atoms with Crippen molar-refractivity contribution in [3.05, 3.63) is 45.9 Å². The minimum absolute atomic E-state index is 0.444. The van der Waals surface area contributed by atoms with Gasteiger partial charge >= 0.3 is 0 Å². The highest BCUT2D eigenvalue weighted by atomic mass is 32.1. The van der Waals surface area contributed by atoms with Gasteiger partial charge in [0.05, 0.1) is 18.2 Å². The van der Waals surface area contributed by atoms with E-state index in [1.807, 2.05) is 36.6 Å². The van der Waals surface area contributed by atoms with Crippen LogP contribution in [0.25, 0.3) is 0 Å². The highest BCUT2D eigenvalue weighted by Crippen LogP contribution is 2.22. The van der Waals surface area contributed by atoms with E-state index in [1.165, 1.54) is 0 Å². The average molecular weight is 263 g/mol. The number of hydrogen-bond acceptors (Lipinski definition) is 4. The summed E-state index contributed by atoms with van der Waals surface area (Å²) in [7, 11) is 1.64. The van der Waals surface area contributed by atoms with Crippen molar-refractivity contribution in [2.75, 3.05) is 7.11 Å². The van der Waals surface area contributed by atoms with Gasteiger partial charge in [-0.3, -0.25) is 0 Å². The molecule has 4 heteroatoms.